The van der Waals surface area contributed by atoms with Crippen LogP contribution in [0.3, 0.4) is 0 Å². The maximum atomic E-state index is 12.6. The van der Waals surface area contributed by atoms with Crippen molar-refractivity contribution in [1.29, 1.82) is 0 Å². The monoisotopic (exact) mass is 414 g/mol. The maximum absolute atomic E-state index is 12.6. The number of nitrogens with two attached hydrogens (primary N) is 1. The van der Waals surface area contributed by atoms with E-state index in [0.717, 1.165) is 0 Å². The number of carboxylic acid groups (broad SMARTS) is 1. The summed E-state index contributed by atoms with van der Waals surface area (Å²) in [6.45, 7) is 1.20. The van der Waals surface area contributed by atoms with Crippen LogP contribution >= 0.6 is 11.8 Å². The van der Waals surface area contributed by atoms with Gasteiger partial charge in [0.25, 0.3) is 0 Å². The van der Waals surface area contributed by atoms with Crippen molar-refractivity contribution in [3.05, 3.63) is 18.2 Å². The molecule has 156 valence electrons. The Labute approximate surface area is 166 Å². The van der Waals surface area contributed by atoms with Crippen LogP contribution < -0.4 is 21.7 Å². The number of aromatic amines is 1. The fraction of sp³-hybridized carbons (Fsp3) is 0.562. The standard InChI is InChI=1S/C16H26N6O5S/c1-9(20-13(23)6-17)14(24)21-11(3-4-28-2)15(25)22-12(16(26)27)5-10-7-18-8-19-10/h7-9,11-12H,3-6,17H2,1-2H3,(H,18,19)(H,20,23)(H,21,24)(H,22,25)(H,26,27). The Morgan fingerprint density at radius 3 is 2.43 bits per heavy atom. The molecule has 0 aromatic carbocycles. The molecule has 7 N–H and O–H groups in total. The fourth-order valence-electron chi connectivity index (χ4n) is 2.26. The second-order valence-corrected chi connectivity index (χ2v) is 7.00. The number of aromatic nitrogens is 2. The van der Waals surface area contributed by atoms with Gasteiger partial charge in [-0.1, -0.05) is 0 Å². The SMILES string of the molecule is CSCCC(NC(=O)C(C)NC(=O)CN)C(=O)NC(Cc1cnc[nH]1)C(=O)O. The first-order valence-electron chi connectivity index (χ1n) is 8.57. The first-order chi connectivity index (χ1) is 13.3. The van der Waals surface area contributed by atoms with Gasteiger partial charge < -0.3 is 31.8 Å². The molecule has 12 heteroatoms. The molecule has 0 aliphatic heterocycles. The number of carbonyl (C=O) groups excluding carboxylic acids is 3. The van der Waals surface area contributed by atoms with Gasteiger partial charge in [-0.3, -0.25) is 14.4 Å². The van der Waals surface area contributed by atoms with E-state index in [-0.39, 0.29) is 13.0 Å². The van der Waals surface area contributed by atoms with Gasteiger partial charge in [-0.15, -0.1) is 0 Å². The molecular weight excluding hydrogens is 388 g/mol. The van der Waals surface area contributed by atoms with Crippen molar-refractivity contribution in [2.24, 2.45) is 5.73 Å². The van der Waals surface area contributed by atoms with E-state index in [4.69, 9.17) is 5.73 Å². The number of carboxylic acids is 1. The Bertz CT molecular complexity index is 668. The zero-order chi connectivity index (χ0) is 21.1. The van der Waals surface area contributed by atoms with Crippen LogP contribution in [0.25, 0.3) is 0 Å². The molecule has 0 spiro atoms. The molecule has 0 saturated carbocycles. The van der Waals surface area contributed by atoms with Crippen molar-refractivity contribution in [2.45, 2.75) is 37.9 Å². The van der Waals surface area contributed by atoms with Gasteiger partial charge in [-0.2, -0.15) is 11.8 Å². The van der Waals surface area contributed by atoms with Gasteiger partial charge in [0, 0.05) is 18.3 Å². The van der Waals surface area contributed by atoms with Crippen molar-refractivity contribution in [3.63, 3.8) is 0 Å². The third kappa shape index (κ3) is 7.96. The molecule has 3 atom stereocenters. The van der Waals surface area contributed by atoms with E-state index < -0.39 is 41.8 Å². The third-order valence-corrected chi connectivity index (χ3v) is 4.44. The highest BCUT2D eigenvalue weighted by molar-refractivity contribution is 7.98. The van der Waals surface area contributed by atoms with Crippen molar-refractivity contribution in [2.75, 3.05) is 18.6 Å². The van der Waals surface area contributed by atoms with Gasteiger partial charge in [0.05, 0.1) is 12.9 Å². The minimum absolute atomic E-state index is 0.0211. The average Bonchev–Trinajstić information content (AvgIpc) is 3.16. The zero-order valence-corrected chi connectivity index (χ0v) is 16.5. The lowest BCUT2D eigenvalue weighted by atomic mass is 10.1. The van der Waals surface area contributed by atoms with Crippen LogP contribution in [0, 0.1) is 0 Å². The van der Waals surface area contributed by atoms with Gasteiger partial charge in [0.15, 0.2) is 0 Å². The first kappa shape index (κ1) is 23.4. The zero-order valence-electron chi connectivity index (χ0n) is 15.7. The van der Waals surface area contributed by atoms with E-state index in [1.165, 1.54) is 31.2 Å². The van der Waals surface area contributed by atoms with Crippen LogP contribution in [-0.2, 0) is 25.6 Å². The van der Waals surface area contributed by atoms with E-state index in [1.807, 2.05) is 6.26 Å². The molecule has 11 nitrogen and oxygen atoms in total. The van der Waals surface area contributed by atoms with Crippen LogP contribution in [0.1, 0.15) is 19.0 Å². The molecule has 0 aliphatic rings. The summed E-state index contributed by atoms with van der Waals surface area (Å²) < 4.78 is 0. The summed E-state index contributed by atoms with van der Waals surface area (Å²) in [5.74, 6) is -2.32. The highest BCUT2D eigenvalue weighted by Crippen LogP contribution is 2.04. The Morgan fingerprint density at radius 1 is 1.21 bits per heavy atom. The highest BCUT2D eigenvalue weighted by atomic mass is 32.2. The number of amides is 3. The van der Waals surface area contributed by atoms with Crippen molar-refractivity contribution < 1.29 is 24.3 Å². The molecule has 0 aliphatic carbocycles. The summed E-state index contributed by atoms with van der Waals surface area (Å²) in [5.41, 5.74) is 5.75. The van der Waals surface area contributed by atoms with Crippen LogP contribution in [0.4, 0.5) is 0 Å². The smallest absolute Gasteiger partial charge is 0.326 e. The molecule has 1 aromatic rings. The lowest BCUT2D eigenvalue weighted by molar-refractivity contribution is -0.142. The Kier molecular flexibility index (Phi) is 10.0. The predicted octanol–water partition coefficient (Wildman–Crippen LogP) is -1.78. The predicted molar refractivity (Wildman–Crippen MR) is 103 cm³/mol. The number of rotatable bonds is 12. The van der Waals surface area contributed by atoms with E-state index in [2.05, 4.69) is 25.9 Å². The number of hydrogen-bond donors (Lipinski definition) is 6. The van der Waals surface area contributed by atoms with E-state index >= 15 is 0 Å². The number of aliphatic carboxylic acids is 1. The molecule has 1 heterocycles. The largest absolute Gasteiger partial charge is 0.480 e. The number of nitrogens with one attached hydrogen (secondary N) is 4. The molecule has 0 saturated heterocycles. The third-order valence-electron chi connectivity index (χ3n) is 3.79. The van der Waals surface area contributed by atoms with Crippen LogP contribution in [0.15, 0.2) is 12.5 Å². The van der Waals surface area contributed by atoms with Crippen molar-refractivity contribution >= 4 is 35.5 Å². The number of H-pyrrole nitrogens is 1. The Hall–Kier alpha value is -2.60. The molecule has 3 amide bonds. The number of carbonyl (C=O) groups is 4. The normalized spacial score (nSPS) is 13.8. The Morgan fingerprint density at radius 2 is 1.89 bits per heavy atom. The molecule has 0 radical (unpaired) electrons. The van der Waals surface area contributed by atoms with Gasteiger partial charge >= 0.3 is 5.97 Å². The summed E-state index contributed by atoms with van der Waals surface area (Å²) in [7, 11) is 0. The van der Waals surface area contributed by atoms with Gasteiger partial charge in [-0.25, -0.2) is 9.78 Å². The lowest BCUT2D eigenvalue weighted by Crippen LogP contribution is -2.56. The minimum atomic E-state index is -1.21. The molecule has 0 bridgehead atoms. The molecule has 1 rings (SSSR count). The number of nitrogens with zero attached hydrogens (tertiary/aromatic N) is 1. The maximum Gasteiger partial charge on any atom is 0.326 e. The van der Waals surface area contributed by atoms with E-state index in [0.29, 0.717) is 17.9 Å². The summed E-state index contributed by atoms with van der Waals surface area (Å²) in [5, 5.41) is 16.8. The summed E-state index contributed by atoms with van der Waals surface area (Å²) in [6.07, 6.45) is 5.05. The second-order valence-electron chi connectivity index (χ2n) is 6.02. The molecule has 28 heavy (non-hydrogen) atoms. The first-order valence-corrected chi connectivity index (χ1v) is 9.97. The summed E-state index contributed by atoms with van der Waals surface area (Å²) in [4.78, 5) is 54.3. The topological polar surface area (TPSA) is 179 Å². The van der Waals surface area contributed by atoms with Crippen LogP contribution in [0.2, 0.25) is 0 Å². The van der Waals surface area contributed by atoms with E-state index in [9.17, 15) is 24.3 Å². The number of hydrogen-bond acceptors (Lipinski definition) is 7. The molecule has 3 unspecified atom stereocenters. The average molecular weight is 414 g/mol. The number of thioether (sulfide) groups is 1. The Balaban J connectivity index is 2.77. The summed E-state index contributed by atoms with van der Waals surface area (Å²) in [6, 6.07) is -3.02. The van der Waals surface area contributed by atoms with Gasteiger partial charge in [0.2, 0.25) is 17.7 Å². The fourth-order valence-corrected chi connectivity index (χ4v) is 2.73. The summed E-state index contributed by atoms with van der Waals surface area (Å²) >= 11 is 1.48. The lowest BCUT2D eigenvalue weighted by Gasteiger charge is -2.23. The van der Waals surface area contributed by atoms with Gasteiger partial charge in [-0.05, 0) is 25.4 Å². The van der Waals surface area contributed by atoms with Crippen molar-refractivity contribution in [3.8, 4) is 0 Å². The quantitative estimate of drug-likeness (QED) is 0.232. The van der Waals surface area contributed by atoms with Gasteiger partial charge in [0.1, 0.15) is 18.1 Å². The van der Waals surface area contributed by atoms with Crippen molar-refractivity contribution in [1.82, 2.24) is 25.9 Å². The number of imidazole rings is 1. The molecular formula is C16H26N6O5S. The molecule has 1 aromatic heterocycles. The highest BCUT2D eigenvalue weighted by Gasteiger charge is 2.28. The van der Waals surface area contributed by atoms with E-state index in [1.54, 1.807) is 0 Å². The minimum Gasteiger partial charge on any atom is -0.480 e. The molecule has 0 fully saturated rings. The van der Waals surface area contributed by atoms with Crippen LogP contribution in [0.5, 0.6) is 0 Å². The van der Waals surface area contributed by atoms with Crippen LogP contribution in [-0.4, -0.2) is 75.4 Å². The second kappa shape index (κ2) is 12.0.